The molecule has 4 nitrogen and oxygen atoms in total. The number of aliphatic hydroxyl groups is 4. The fourth-order valence-corrected chi connectivity index (χ4v) is 0. The van der Waals surface area contributed by atoms with Gasteiger partial charge >= 0.3 is 0 Å². The van der Waals surface area contributed by atoms with Gasteiger partial charge in [0.2, 0.25) is 0 Å². The van der Waals surface area contributed by atoms with Crippen LogP contribution in [0.1, 0.15) is 55.4 Å². The van der Waals surface area contributed by atoms with Gasteiger partial charge in [0, 0.05) is 46.8 Å². The van der Waals surface area contributed by atoms with Crippen LogP contribution in [0.25, 0.3) is 0 Å². The third-order valence-electron chi connectivity index (χ3n) is 0. The van der Waals surface area contributed by atoms with E-state index < -0.39 is 0 Å². The summed E-state index contributed by atoms with van der Waals surface area (Å²) in [6.07, 6.45) is -0.667. The standard InChI is InChI=1S/4C3H8O.CH3.Nb/c4*1-3(2)4;;/h4*3-4H,1-2H3;1H3;/q;;;;-1;. The van der Waals surface area contributed by atoms with Crippen molar-refractivity contribution >= 4 is 0 Å². The molecular formula is C13H35NbO4-. The van der Waals surface area contributed by atoms with Gasteiger partial charge in [-0.3, -0.25) is 0 Å². The number of hydrogen-bond acceptors (Lipinski definition) is 4. The molecule has 0 aromatic carbocycles. The summed E-state index contributed by atoms with van der Waals surface area (Å²) < 4.78 is 0. The maximum Gasteiger partial charge on any atom is 0.0483 e. The fraction of sp³-hybridized carbons (Fsp3) is 0.923. The van der Waals surface area contributed by atoms with Crippen LogP contribution in [0, 0.1) is 7.43 Å². The summed E-state index contributed by atoms with van der Waals surface area (Å²) in [5, 5.41) is 32.2. The Labute approximate surface area is 130 Å². The van der Waals surface area contributed by atoms with Crippen LogP contribution in [-0.4, -0.2) is 44.8 Å². The van der Waals surface area contributed by atoms with E-state index in [1.54, 1.807) is 55.4 Å². The predicted octanol–water partition coefficient (Wildman–Crippen LogP) is 2.00. The first kappa shape index (κ1) is 36.3. The van der Waals surface area contributed by atoms with Gasteiger partial charge in [0.05, 0.1) is 0 Å². The molecule has 1 radical (unpaired) electrons. The van der Waals surface area contributed by atoms with E-state index in [0.29, 0.717) is 0 Å². The number of rotatable bonds is 0. The first-order valence-corrected chi connectivity index (χ1v) is 5.65. The zero-order valence-electron chi connectivity index (χ0n) is 13.5. The van der Waals surface area contributed by atoms with E-state index in [0.717, 1.165) is 0 Å². The van der Waals surface area contributed by atoms with E-state index >= 15 is 0 Å². The minimum absolute atomic E-state index is 0. The van der Waals surface area contributed by atoms with Crippen molar-refractivity contribution in [3.63, 3.8) is 0 Å². The van der Waals surface area contributed by atoms with Crippen LogP contribution in [0.2, 0.25) is 0 Å². The Bertz CT molecular complexity index is 62.0. The summed E-state index contributed by atoms with van der Waals surface area (Å²) >= 11 is 0. The molecule has 4 N–H and O–H groups in total. The van der Waals surface area contributed by atoms with E-state index in [-0.39, 0.29) is 54.2 Å². The maximum absolute atomic E-state index is 8.06. The molecule has 0 heterocycles. The van der Waals surface area contributed by atoms with Gasteiger partial charge < -0.3 is 27.9 Å². The van der Waals surface area contributed by atoms with Crippen molar-refractivity contribution in [2.75, 3.05) is 0 Å². The molecule has 0 saturated heterocycles. The van der Waals surface area contributed by atoms with Crippen LogP contribution >= 0.6 is 0 Å². The van der Waals surface area contributed by atoms with Gasteiger partial charge in [-0.2, -0.15) is 0 Å². The molecule has 0 bridgehead atoms. The molecule has 0 unspecified atom stereocenters. The zero-order valence-corrected chi connectivity index (χ0v) is 15.7. The summed E-state index contributed by atoms with van der Waals surface area (Å²) in [4.78, 5) is 0. The molecule has 117 valence electrons. The predicted molar refractivity (Wildman–Crippen MR) is 75.8 cm³/mol. The second-order valence-corrected chi connectivity index (χ2v) is 4.37. The Hall–Kier alpha value is 0.580. The molecule has 18 heavy (non-hydrogen) atoms. The third kappa shape index (κ3) is 12000. The maximum atomic E-state index is 8.06. The third-order valence-corrected chi connectivity index (χ3v) is 0. The average molecular weight is 348 g/mol. The molecule has 0 aromatic rings. The van der Waals surface area contributed by atoms with E-state index in [4.69, 9.17) is 20.4 Å². The molecule has 0 rings (SSSR count). The molecule has 0 atom stereocenters. The molecule has 0 saturated carbocycles. The van der Waals surface area contributed by atoms with Crippen molar-refractivity contribution < 1.29 is 42.8 Å². The Morgan fingerprint density at radius 1 is 0.444 bits per heavy atom. The first-order chi connectivity index (χ1) is 6.93. The first-order valence-electron chi connectivity index (χ1n) is 5.65. The molecular weight excluding hydrogens is 313 g/mol. The van der Waals surface area contributed by atoms with Crippen LogP contribution < -0.4 is 0 Å². The minimum atomic E-state index is -0.167. The van der Waals surface area contributed by atoms with Gasteiger partial charge in [-0.25, -0.2) is 0 Å². The number of aliphatic hydroxyl groups excluding tert-OH is 4. The summed E-state index contributed by atoms with van der Waals surface area (Å²) in [6, 6.07) is 0. The Kier molecular flexibility index (Phi) is 61.6. The number of hydrogen-bond donors (Lipinski definition) is 4. The van der Waals surface area contributed by atoms with Crippen LogP contribution in [0.4, 0.5) is 0 Å². The van der Waals surface area contributed by atoms with Gasteiger partial charge in [0.15, 0.2) is 0 Å². The summed E-state index contributed by atoms with van der Waals surface area (Å²) in [6.45, 7) is 13.8. The monoisotopic (exact) mass is 348 g/mol. The average Bonchev–Trinajstić information content (AvgIpc) is 1.76. The van der Waals surface area contributed by atoms with Crippen molar-refractivity contribution in [1.29, 1.82) is 0 Å². The largest absolute Gasteiger partial charge is 0.394 e. The van der Waals surface area contributed by atoms with Crippen molar-refractivity contribution in [3.8, 4) is 0 Å². The normalized spacial score (nSPS) is 8.00. The van der Waals surface area contributed by atoms with E-state index in [9.17, 15) is 0 Å². The van der Waals surface area contributed by atoms with Gasteiger partial charge in [0.1, 0.15) is 0 Å². The van der Waals surface area contributed by atoms with Crippen LogP contribution in [0.5, 0.6) is 0 Å². The van der Waals surface area contributed by atoms with Gasteiger partial charge in [-0.15, -0.1) is 0 Å². The van der Waals surface area contributed by atoms with Crippen molar-refractivity contribution in [2.45, 2.75) is 79.8 Å². The van der Waals surface area contributed by atoms with Gasteiger partial charge in [-0.1, -0.05) is 0 Å². The minimum Gasteiger partial charge on any atom is -0.394 e. The van der Waals surface area contributed by atoms with Crippen LogP contribution in [-0.2, 0) is 22.4 Å². The molecule has 0 spiro atoms. The SMILES string of the molecule is CC(C)O.CC(C)O.CC(C)O.CC(C)O.[CH3-].[Nb]. The molecule has 0 amide bonds. The Morgan fingerprint density at radius 3 is 0.444 bits per heavy atom. The van der Waals surface area contributed by atoms with Crippen molar-refractivity contribution in [1.82, 2.24) is 0 Å². The molecule has 5 heteroatoms. The molecule has 0 aliphatic carbocycles. The van der Waals surface area contributed by atoms with Crippen LogP contribution in [0.3, 0.4) is 0 Å². The van der Waals surface area contributed by atoms with E-state index in [2.05, 4.69) is 0 Å². The van der Waals surface area contributed by atoms with E-state index in [1.165, 1.54) is 0 Å². The molecule has 0 aromatic heterocycles. The van der Waals surface area contributed by atoms with Gasteiger partial charge in [0.25, 0.3) is 0 Å². The molecule has 0 aliphatic rings. The summed E-state index contributed by atoms with van der Waals surface area (Å²) in [5.41, 5.74) is 0. The second-order valence-electron chi connectivity index (χ2n) is 4.37. The quantitative estimate of drug-likeness (QED) is 0.399. The van der Waals surface area contributed by atoms with Crippen molar-refractivity contribution in [2.24, 2.45) is 0 Å². The molecule has 0 aliphatic heterocycles. The summed E-state index contributed by atoms with van der Waals surface area (Å²) in [7, 11) is 0. The molecule has 0 fully saturated rings. The topological polar surface area (TPSA) is 80.9 Å². The van der Waals surface area contributed by atoms with Crippen molar-refractivity contribution in [3.05, 3.63) is 7.43 Å². The van der Waals surface area contributed by atoms with Gasteiger partial charge in [-0.05, 0) is 55.4 Å². The Balaban J connectivity index is -0.0000000257. The Morgan fingerprint density at radius 2 is 0.444 bits per heavy atom. The summed E-state index contributed by atoms with van der Waals surface area (Å²) in [5.74, 6) is 0. The van der Waals surface area contributed by atoms with Crippen LogP contribution in [0.15, 0.2) is 0 Å². The fourth-order valence-electron chi connectivity index (χ4n) is 0. The zero-order chi connectivity index (χ0) is 14.3. The second kappa shape index (κ2) is 30.5. The van der Waals surface area contributed by atoms with E-state index in [1.807, 2.05) is 0 Å². The smallest absolute Gasteiger partial charge is 0.0483 e.